The molecular formula is C19H31N7OS. The molecule has 2 N–H and O–H groups in total. The number of carbonyl (C=O) groups is 1. The summed E-state index contributed by atoms with van der Waals surface area (Å²) in [6.45, 7) is 10.7. The topological polar surface area (TPSA) is 87.4 Å². The summed E-state index contributed by atoms with van der Waals surface area (Å²) in [6, 6.07) is 0. The van der Waals surface area contributed by atoms with Crippen LogP contribution in [0, 0.1) is 6.92 Å². The van der Waals surface area contributed by atoms with Crippen molar-refractivity contribution in [3.8, 4) is 0 Å². The van der Waals surface area contributed by atoms with Crippen LogP contribution in [0.25, 0.3) is 0 Å². The van der Waals surface area contributed by atoms with E-state index >= 15 is 0 Å². The van der Waals surface area contributed by atoms with Crippen molar-refractivity contribution >= 4 is 23.2 Å². The van der Waals surface area contributed by atoms with Crippen molar-refractivity contribution in [2.45, 2.75) is 40.2 Å². The second kappa shape index (κ2) is 10.2. The fourth-order valence-electron chi connectivity index (χ4n) is 2.89. The maximum Gasteiger partial charge on any atom is 0.263 e. The van der Waals surface area contributed by atoms with E-state index in [1.54, 1.807) is 5.51 Å². The molecule has 2 rings (SSSR count). The van der Waals surface area contributed by atoms with Gasteiger partial charge in [-0.25, -0.2) is 4.98 Å². The standard InChI is InChI=1S/C19H31N7OS/c1-7-20-19(22-9-8-21-18(27)17-14(4)23-12-28-17)25(5)10-15-11-26(6)24-16(15)13(2)3/h11-13H,7-10H2,1-6H3,(H,20,22)(H,21,27). The van der Waals surface area contributed by atoms with Gasteiger partial charge in [-0.3, -0.25) is 14.5 Å². The maximum absolute atomic E-state index is 12.2. The summed E-state index contributed by atoms with van der Waals surface area (Å²) < 4.78 is 1.86. The molecule has 0 atom stereocenters. The van der Waals surface area contributed by atoms with Crippen LogP contribution in [0.3, 0.4) is 0 Å². The van der Waals surface area contributed by atoms with E-state index in [0.717, 1.165) is 30.4 Å². The Balaban J connectivity index is 1.95. The fourth-order valence-corrected chi connectivity index (χ4v) is 3.61. The average molecular weight is 406 g/mol. The van der Waals surface area contributed by atoms with Gasteiger partial charge in [0.05, 0.1) is 23.4 Å². The number of nitrogens with zero attached hydrogens (tertiary/aromatic N) is 5. The fraction of sp³-hybridized carbons (Fsp3) is 0.579. The van der Waals surface area contributed by atoms with E-state index < -0.39 is 0 Å². The van der Waals surface area contributed by atoms with Crippen LogP contribution in [0.1, 0.15) is 53.3 Å². The van der Waals surface area contributed by atoms with E-state index in [0.29, 0.717) is 23.9 Å². The molecule has 0 aliphatic heterocycles. The molecule has 0 saturated heterocycles. The molecule has 28 heavy (non-hydrogen) atoms. The molecule has 1 amide bonds. The molecule has 0 saturated carbocycles. The van der Waals surface area contributed by atoms with E-state index in [-0.39, 0.29) is 5.91 Å². The lowest BCUT2D eigenvalue weighted by atomic mass is 10.1. The molecule has 2 heterocycles. The van der Waals surface area contributed by atoms with Gasteiger partial charge in [0.15, 0.2) is 5.96 Å². The van der Waals surface area contributed by atoms with Crippen molar-refractivity contribution in [2.24, 2.45) is 12.0 Å². The van der Waals surface area contributed by atoms with Crippen molar-refractivity contribution in [1.29, 1.82) is 0 Å². The van der Waals surface area contributed by atoms with Gasteiger partial charge in [0.2, 0.25) is 0 Å². The molecule has 0 fully saturated rings. The molecule has 0 unspecified atom stereocenters. The zero-order chi connectivity index (χ0) is 20.7. The summed E-state index contributed by atoms with van der Waals surface area (Å²) in [5.74, 6) is 1.09. The van der Waals surface area contributed by atoms with Crippen LogP contribution >= 0.6 is 11.3 Å². The predicted octanol–water partition coefficient (Wildman–Crippen LogP) is 2.14. The number of carbonyl (C=O) groups excluding carboxylic acids is 1. The Morgan fingerprint density at radius 1 is 1.39 bits per heavy atom. The molecule has 154 valence electrons. The number of guanidine groups is 1. The number of rotatable bonds is 8. The molecule has 2 aromatic heterocycles. The normalized spacial score (nSPS) is 11.8. The first kappa shape index (κ1) is 21.9. The minimum atomic E-state index is -0.0921. The van der Waals surface area contributed by atoms with Gasteiger partial charge in [-0.2, -0.15) is 5.10 Å². The quantitative estimate of drug-likeness (QED) is 0.399. The number of hydrogen-bond donors (Lipinski definition) is 2. The van der Waals surface area contributed by atoms with Crippen LogP contribution in [-0.4, -0.2) is 58.2 Å². The molecule has 0 aliphatic carbocycles. The van der Waals surface area contributed by atoms with E-state index in [1.165, 1.54) is 16.9 Å². The second-order valence-corrected chi connectivity index (χ2v) is 7.84. The van der Waals surface area contributed by atoms with E-state index in [2.05, 4.69) is 50.7 Å². The summed E-state index contributed by atoms with van der Waals surface area (Å²) in [7, 11) is 3.96. The third kappa shape index (κ3) is 5.79. The van der Waals surface area contributed by atoms with Gasteiger partial charge in [-0.1, -0.05) is 13.8 Å². The van der Waals surface area contributed by atoms with E-state index in [9.17, 15) is 4.79 Å². The van der Waals surface area contributed by atoms with Gasteiger partial charge in [0.25, 0.3) is 5.91 Å². The first-order valence-electron chi connectivity index (χ1n) is 9.53. The molecule has 0 spiro atoms. The summed E-state index contributed by atoms with van der Waals surface area (Å²) in [5.41, 5.74) is 4.75. The number of aryl methyl sites for hydroxylation is 2. The summed E-state index contributed by atoms with van der Waals surface area (Å²) in [4.78, 5) is 23.6. The van der Waals surface area contributed by atoms with Crippen molar-refractivity contribution in [1.82, 2.24) is 30.3 Å². The highest BCUT2D eigenvalue weighted by Gasteiger charge is 2.15. The van der Waals surface area contributed by atoms with Gasteiger partial charge in [0.1, 0.15) is 4.88 Å². The van der Waals surface area contributed by atoms with Gasteiger partial charge < -0.3 is 15.5 Å². The Hall–Kier alpha value is -2.42. The summed E-state index contributed by atoms with van der Waals surface area (Å²) in [6.07, 6.45) is 2.06. The van der Waals surface area contributed by atoms with Gasteiger partial charge >= 0.3 is 0 Å². The number of nitrogens with one attached hydrogen (secondary N) is 2. The van der Waals surface area contributed by atoms with Crippen LogP contribution in [0.4, 0.5) is 0 Å². The van der Waals surface area contributed by atoms with Crippen LogP contribution in [0.5, 0.6) is 0 Å². The molecule has 9 heteroatoms. The highest BCUT2D eigenvalue weighted by Crippen LogP contribution is 2.18. The average Bonchev–Trinajstić information content (AvgIpc) is 3.22. The number of aliphatic imine (C=N–C) groups is 1. The molecule has 0 radical (unpaired) electrons. The van der Waals surface area contributed by atoms with Crippen LogP contribution in [0.2, 0.25) is 0 Å². The lowest BCUT2D eigenvalue weighted by molar-refractivity contribution is 0.0958. The zero-order valence-corrected chi connectivity index (χ0v) is 18.4. The molecule has 0 aliphatic rings. The Kier molecular flexibility index (Phi) is 7.98. The predicted molar refractivity (Wildman–Crippen MR) is 114 cm³/mol. The summed E-state index contributed by atoms with van der Waals surface area (Å²) in [5, 5.41) is 10.8. The Morgan fingerprint density at radius 3 is 2.75 bits per heavy atom. The highest BCUT2D eigenvalue weighted by atomic mass is 32.1. The molecule has 0 aromatic carbocycles. The third-order valence-corrected chi connectivity index (χ3v) is 5.13. The molecule has 8 nitrogen and oxygen atoms in total. The van der Waals surface area contributed by atoms with E-state index in [1.807, 2.05) is 32.6 Å². The maximum atomic E-state index is 12.2. The van der Waals surface area contributed by atoms with Crippen molar-refractivity contribution in [2.75, 3.05) is 26.7 Å². The lowest BCUT2D eigenvalue weighted by Crippen LogP contribution is -2.39. The van der Waals surface area contributed by atoms with Crippen molar-refractivity contribution in [3.05, 3.63) is 33.5 Å². The zero-order valence-electron chi connectivity index (χ0n) is 17.6. The number of thiazole rings is 1. The SMILES string of the molecule is CCNC(=NCCNC(=O)c1scnc1C)N(C)Cc1cn(C)nc1C(C)C. The molecule has 2 aromatic rings. The van der Waals surface area contributed by atoms with Crippen molar-refractivity contribution in [3.63, 3.8) is 0 Å². The number of amides is 1. The largest absolute Gasteiger partial charge is 0.357 e. The van der Waals surface area contributed by atoms with Gasteiger partial charge in [-0.05, 0) is 19.8 Å². The monoisotopic (exact) mass is 405 g/mol. The minimum Gasteiger partial charge on any atom is -0.357 e. The highest BCUT2D eigenvalue weighted by molar-refractivity contribution is 7.11. The van der Waals surface area contributed by atoms with Crippen molar-refractivity contribution < 1.29 is 4.79 Å². The van der Waals surface area contributed by atoms with Crippen LogP contribution in [-0.2, 0) is 13.6 Å². The number of aromatic nitrogens is 3. The lowest BCUT2D eigenvalue weighted by Gasteiger charge is -2.22. The smallest absolute Gasteiger partial charge is 0.263 e. The van der Waals surface area contributed by atoms with Gasteiger partial charge in [0, 0.05) is 45.5 Å². The minimum absolute atomic E-state index is 0.0921. The molecular weight excluding hydrogens is 374 g/mol. The van der Waals surface area contributed by atoms with Crippen LogP contribution < -0.4 is 10.6 Å². The Bertz CT molecular complexity index is 809. The van der Waals surface area contributed by atoms with Gasteiger partial charge in [-0.15, -0.1) is 11.3 Å². The van der Waals surface area contributed by atoms with E-state index in [4.69, 9.17) is 0 Å². The Morgan fingerprint density at radius 2 is 2.14 bits per heavy atom. The summed E-state index contributed by atoms with van der Waals surface area (Å²) >= 11 is 1.35. The second-order valence-electron chi connectivity index (χ2n) is 6.98. The molecule has 0 bridgehead atoms. The first-order valence-corrected chi connectivity index (χ1v) is 10.4. The number of hydrogen-bond acceptors (Lipinski definition) is 5. The first-order chi connectivity index (χ1) is 13.3. The Labute approximate surface area is 171 Å². The third-order valence-electron chi connectivity index (χ3n) is 4.20. The van der Waals surface area contributed by atoms with Crippen LogP contribution in [0.15, 0.2) is 16.7 Å².